The van der Waals surface area contributed by atoms with Crippen molar-refractivity contribution in [3.05, 3.63) is 82.9 Å². The minimum absolute atomic E-state index is 0. The maximum Gasteiger partial charge on any atom is 0.0406 e. The lowest BCUT2D eigenvalue weighted by Gasteiger charge is -1.89. The second-order valence-electron chi connectivity index (χ2n) is 3.51. The van der Waals surface area contributed by atoms with Gasteiger partial charge >= 0.3 is 0 Å². The van der Waals surface area contributed by atoms with Gasteiger partial charge in [0.2, 0.25) is 0 Å². The van der Waals surface area contributed by atoms with Crippen molar-refractivity contribution in [3.63, 3.8) is 0 Å². The average Bonchev–Trinajstić information content (AvgIpc) is 2.41. The molecular formula is C16H16Cl2S. The summed E-state index contributed by atoms with van der Waals surface area (Å²) in [7, 11) is 0. The van der Waals surface area contributed by atoms with Crippen molar-refractivity contribution in [1.82, 2.24) is 0 Å². The van der Waals surface area contributed by atoms with E-state index in [1.807, 2.05) is 48.5 Å². The van der Waals surface area contributed by atoms with Gasteiger partial charge in [-0.2, -0.15) is 13.5 Å². The third kappa shape index (κ3) is 7.12. The van der Waals surface area contributed by atoms with Gasteiger partial charge in [0.1, 0.15) is 0 Å². The molecule has 0 bridgehead atoms. The summed E-state index contributed by atoms with van der Waals surface area (Å²) in [4.78, 5) is 0. The van der Waals surface area contributed by atoms with E-state index in [0.29, 0.717) is 0 Å². The Labute approximate surface area is 131 Å². The second kappa shape index (κ2) is 9.74. The molecule has 19 heavy (non-hydrogen) atoms. The van der Waals surface area contributed by atoms with E-state index in [2.05, 4.69) is 13.2 Å². The van der Waals surface area contributed by atoms with Gasteiger partial charge in [-0.05, 0) is 35.4 Å². The highest BCUT2D eigenvalue weighted by Crippen LogP contribution is 2.10. The Morgan fingerprint density at radius 2 is 0.895 bits per heavy atom. The Hall–Kier alpha value is -1.15. The Morgan fingerprint density at radius 1 is 0.632 bits per heavy atom. The Morgan fingerprint density at radius 3 is 1.11 bits per heavy atom. The molecule has 3 heteroatoms. The first-order valence-electron chi connectivity index (χ1n) is 5.41. The Bertz CT molecular complexity index is 452. The van der Waals surface area contributed by atoms with Gasteiger partial charge in [0.25, 0.3) is 0 Å². The van der Waals surface area contributed by atoms with Crippen molar-refractivity contribution in [2.75, 3.05) is 0 Å². The van der Waals surface area contributed by atoms with E-state index in [0.717, 1.165) is 21.2 Å². The van der Waals surface area contributed by atoms with Crippen LogP contribution in [0.2, 0.25) is 10.0 Å². The van der Waals surface area contributed by atoms with Crippen LogP contribution in [0, 0.1) is 0 Å². The molecule has 0 aliphatic heterocycles. The van der Waals surface area contributed by atoms with Crippen molar-refractivity contribution in [2.24, 2.45) is 0 Å². The molecular weight excluding hydrogens is 295 g/mol. The predicted octanol–water partition coefficient (Wildman–Crippen LogP) is 6.08. The summed E-state index contributed by atoms with van der Waals surface area (Å²) in [5, 5.41) is 1.53. The second-order valence-corrected chi connectivity index (χ2v) is 4.38. The molecule has 0 saturated heterocycles. The zero-order valence-corrected chi connectivity index (χ0v) is 13.0. The predicted molar refractivity (Wildman–Crippen MR) is 93.5 cm³/mol. The lowest BCUT2D eigenvalue weighted by Crippen LogP contribution is -1.67. The fraction of sp³-hybridized carbons (Fsp3) is 0. The normalized spacial score (nSPS) is 8.53. The molecule has 0 nitrogen and oxygen atoms in total. The van der Waals surface area contributed by atoms with Gasteiger partial charge in [0, 0.05) is 10.0 Å². The van der Waals surface area contributed by atoms with Crippen molar-refractivity contribution >= 4 is 48.8 Å². The summed E-state index contributed by atoms with van der Waals surface area (Å²) in [5.41, 5.74) is 2.19. The molecule has 0 radical (unpaired) electrons. The van der Waals surface area contributed by atoms with E-state index >= 15 is 0 Å². The minimum atomic E-state index is 0. The standard InChI is InChI=1S/2C8H7Cl.H2S/c2*1-2-7-3-5-8(9)6-4-7;/h2*2-6H,1H2;1H2. The molecule has 0 spiro atoms. The molecule has 0 unspecified atom stereocenters. The van der Waals surface area contributed by atoms with E-state index in [-0.39, 0.29) is 13.5 Å². The third-order valence-corrected chi connectivity index (χ3v) is 2.72. The van der Waals surface area contributed by atoms with Gasteiger partial charge in [0.15, 0.2) is 0 Å². The van der Waals surface area contributed by atoms with Crippen molar-refractivity contribution in [2.45, 2.75) is 0 Å². The first kappa shape index (κ1) is 17.8. The molecule has 2 aromatic rings. The summed E-state index contributed by atoms with van der Waals surface area (Å²) in [6.07, 6.45) is 3.58. The maximum absolute atomic E-state index is 5.63. The SMILES string of the molecule is C=Cc1ccc(Cl)cc1.C=Cc1ccc(Cl)cc1.S. The van der Waals surface area contributed by atoms with Crippen LogP contribution in [0.4, 0.5) is 0 Å². The van der Waals surface area contributed by atoms with E-state index in [1.54, 1.807) is 12.2 Å². The van der Waals surface area contributed by atoms with Crippen molar-refractivity contribution in [3.8, 4) is 0 Å². The number of hydrogen-bond acceptors (Lipinski definition) is 0. The van der Waals surface area contributed by atoms with Crippen molar-refractivity contribution in [1.29, 1.82) is 0 Å². The number of halogens is 2. The smallest absolute Gasteiger partial charge is 0.0406 e. The molecule has 100 valence electrons. The van der Waals surface area contributed by atoms with Crippen LogP contribution in [0.15, 0.2) is 61.7 Å². The first-order valence-corrected chi connectivity index (χ1v) is 6.17. The van der Waals surface area contributed by atoms with Crippen LogP contribution in [-0.4, -0.2) is 0 Å². The quantitative estimate of drug-likeness (QED) is 0.630. The molecule has 0 saturated carbocycles. The van der Waals surface area contributed by atoms with E-state index in [4.69, 9.17) is 23.2 Å². The van der Waals surface area contributed by atoms with Crippen LogP contribution < -0.4 is 0 Å². The third-order valence-electron chi connectivity index (χ3n) is 2.21. The summed E-state index contributed by atoms with van der Waals surface area (Å²) in [5.74, 6) is 0. The highest BCUT2D eigenvalue weighted by molar-refractivity contribution is 7.59. The summed E-state index contributed by atoms with van der Waals surface area (Å²) < 4.78 is 0. The minimum Gasteiger partial charge on any atom is -0.197 e. The number of benzene rings is 2. The molecule has 0 N–H and O–H groups in total. The van der Waals surface area contributed by atoms with Gasteiger partial charge in [-0.1, -0.05) is 72.8 Å². The lowest BCUT2D eigenvalue weighted by molar-refractivity contribution is 1.66. The van der Waals surface area contributed by atoms with Crippen LogP contribution in [-0.2, 0) is 0 Å². The van der Waals surface area contributed by atoms with Gasteiger partial charge in [-0.3, -0.25) is 0 Å². The largest absolute Gasteiger partial charge is 0.197 e. The zero-order valence-electron chi connectivity index (χ0n) is 10.4. The van der Waals surface area contributed by atoms with E-state index in [1.165, 1.54) is 0 Å². The number of rotatable bonds is 2. The Kier molecular flexibility index (Phi) is 9.15. The molecule has 2 aromatic carbocycles. The van der Waals surface area contributed by atoms with Crippen LogP contribution >= 0.6 is 36.7 Å². The van der Waals surface area contributed by atoms with Gasteiger partial charge < -0.3 is 0 Å². The summed E-state index contributed by atoms with van der Waals surface area (Å²) in [6.45, 7) is 7.24. The molecule has 0 fully saturated rings. The topological polar surface area (TPSA) is 0 Å². The fourth-order valence-electron chi connectivity index (χ4n) is 1.20. The molecule has 0 aliphatic carbocycles. The zero-order chi connectivity index (χ0) is 13.4. The maximum atomic E-state index is 5.63. The van der Waals surface area contributed by atoms with Gasteiger partial charge in [-0.15, -0.1) is 0 Å². The molecule has 0 atom stereocenters. The fourth-order valence-corrected chi connectivity index (χ4v) is 1.45. The van der Waals surface area contributed by atoms with Crippen LogP contribution in [0.1, 0.15) is 11.1 Å². The summed E-state index contributed by atoms with van der Waals surface area (Å²) >= 11 is 11.3. The first-order chi connectivity index (χ1) is 8.65. The van der Waals surface area contributed by atoms with Crippen LogP contribution in [0.3, 0.4) is 0 Å². The van der Waals surface area contributed by atoms with Gasteiger partial charge in [0.05, 0.1) is 0 Å². The van der Waals surface area contributed by atoms with Crippen LogP contribution in [0.5, 0.6) is 0 Å². The molecule has 0 amide bonds. The highest BCUT2D eigenvalue weighted by Gasteiger charge is 1.84. The van der Waals surface area contributed by atoms with Crippen molar-refractivity contribution < 1.29 is 0 Å². The lowest BCUT2D eigenvalue weighted by atomic mass is 10.2. The monoisotopic (exact) mass is 310 g/mol. The Balaban J connectivity index is 0.000000324. The van der Waals surface area contributed by atoms with E-state index < -0.39 is 0 Å². The van der Waals surface area contributed by atoms with Crippen LogP contribution in [0.25, 0.3) is 12.2 Å². The molecule has 0 heterocycles. The average molecular weight is 311 g/mol. The highest BCUT2D eigenvalue weighted by atomic mass is 35.5. The number of hydrogen-bond donors (Lipinski definition) is 0. The van der Waals surface area contributed by atoms with E-state index in [9.17, 15) is 0 Å². The molecule has 2 rings (SSSR count). The summed E-state index contributed by atoms with van der Waals surface area (Å²) in [6, 6.07) is 15.1. The molecule has 0 aliphatic rings. The van der Waals surface area contributed by atoms with Gasteiger partial charge in [-0.25, -0.2) is 0 Å². The molecule has 0 aromatic heterocycles.